The van der Waals surface area contributed by atoms with Crippen LogP contribution in [-0.4, -0.2) is 25.2 Å². The van der Waals surface area contributed by atoms with Crippen molar-refractivity contribution in [2.24, 2.45) is 0 Å². The van der Waals surface area contributed by atoms with Gasteiger partial charge in [-0.3, -0.25) is 9.59 Å². The first-order valence-electron chi connectivity index (χ1n) is 9.76. The van der Waals surface area contributed by atoms with Gasteiger partial charge in [-0.25, -0.2) is 8.91 Å². The Balaban J connectivity index is 1.59. The van der Waals surface area contributed by atoms with Crippen LogP contribution in [0.5, 0.6) is 0 Å². The second kappa shape index (κ2) is 8.53. The maximum atomic E-state index is 13.0. The number of aliphatic hydroxyl groups excluding tert-OH is 1. The van der Waals surface area contributed by atoms with E-state index in [-0.39, 0.29) is 36.9 Å². The predicted molar refractivity (Wildman–Crippen MR) is 114 cm³/mol. The first kappa shape index (κ1) is 20.5. The minimum absolute atomic E-state index is 0.188. The van der Waals surface area contributed by atoms with Crippen molar-refractivity contribution >= 4 is 11.4 Å². The topological polar surface area (TPSA) is 88.6 Å². The lowest BCUT2D eigenvalue weighted by atomic mass is 10.1. The van der Waals surface area contributed by atoms with Crippen LogP contribution in [0, 0.1) is 12.7 Å². The fourth-order valence-electron chi connectivity index (χ4n) is 3.38. The first-order chi connectivity index (χ1) is 15.0. The summed E-state index contributed by atoms with van der Waals surface area (Å²) in [5, 5.41) is 17.1. The van der Waals surface area contributed by atoms with Gasteiger partial charge in [0.1, 0.15) is 17.9 Å². The molecule has 0 unspecified atom stereocenters. The molecule has 0 aliphatic rings. The van der Waals surface area contributed by atoms with E-state index in [4.69, 9.17) is 0 Å². The van der Waals surface area contributed by atoms with Crippen molar-refractivity contribution < 1.29 is 14.3 Å². The van der Waals surface area contributed by atoms with E-state index in [0.717, 1.165) is 16.7 Å². The van der Waals surface area contributed by atoms with Crippen molar-refractivity contribution in [1.29, 1.82) is 0 Å². The molecule has 0 spiro atoms. The van der Waals surface area contributed by atoms with Gasteiger partial charge >= 0.3 is 0 Å². The summed E-state index contributed by atoms with van der Waals surface area (Å²) in [6.07, 6.45) is 3.07. The third-order valence-corrected chi connectivity index (χ3v) is 5.06. The lowest BCUT2D eigenvalue weighted by molar-refractivity contribution is -0.121. The molecule has 1 amide bonds. The number of hydrogen-bond acceptors (Lipinski definition) is 4. The molecule has 4 rings (SSSR count). The predicted octanol–water partition coefficient (Wildman–Crippen LogP) is 2.42. The molecule has 2 N–H and O–H groups in total. The van der Waals surface area contributed by atoms with Crippen LogP contribution in [0.15, 0.2) is 65.7 Å². The normalized spacial score (nSPS) is 11.1. The number of aryl methyl sites for hydroxylation is 1. The quantitative estimate of drug-likeness (QED) is 0.501. The Morgan fingerprint density at radius 2 is 1.81 bits per heavy atom. The molecule has 0 bridgehead atoms. The van der Waals surface area contributed by atoms with Gasteiger partial charge in [-0.1, -0.05) is 42.0 Å². The van der Waals surface area contributed by atoms with Gasteiger partial charge in [-0.2, -0.15) is 5.10 Å². The third kappa shape index (κ3) is 4.24. The molecule has 2 aromatic heterocycles. The van der Waals surface area contributed by atoms with Crippen LogP contribution in [0.1, 0.15) is 16.7 Å². The Labute approximate surface area is 177 Å². The average Bonchev–Trinajstić information content (AvgIpc) is 3.15. The number of fused-ring (bicyclic) bond motifs is 1. The number of aromatic nitrogens is 3. The highest BCUT2D eigenvalue weighted by molar-refractivity contribution is 5.76. The SMILES string of the molecule is Cc1ccc(-c2nn3ccn(CC(=O)NCc4ccc(F)cc4)c(=O)c3c2CO)cc1. The molecule has 7 nitrogen and oxygen atoms in total. The maximum Gasteiger partial charge on any atom is 0.277 e. The van der Waals surface area contributed by atoms with Crippen LogP contribution in [0.4, 0.5) is 4.39 Å². The molecule has 0 saturated carbocycles. The highest BCUT2D eigenvalue weighted by Gasteiger charge is 2.18. The molecule has 158 valence electrons. The number of hydrogen-bond donors (Lipinski definition) is 2. The highest BCUT2D eigenvalue weighted by Crippen LogP contribution is 2.25. The lowest BCUT2D eigenvalue weighted by Crippen LogP contribution is -2.32. The van der Waals surface area contributed by atoms with E-state index < -0.39 is 5.56 Å². The average molecular weight is 420 g/mol. The fourth-order valence-corrected chi connectivity index (χ4v) is 3.38. The minimum Gasteiger partial charge on any atom is -0.392 e. The van der Waals surface area contributed by atoms with Gasteiger partial charge in [0.25, 0.3) is 5.56 Å². The molecule has 0 saturated heterocycles. The Kier molecular flexibility index (Phi) is 5.64. The number of rotatable bonds is 6. The van der Waals surface area contributed by atoms with Crippen LogP contribution in [0.3, 0.4) is 0 Å². The zero-order chi connectivity index (χ0) is 22.0. The van der Waals surface area contributed by atoms with E-state index in [1.54, 1.807) is 18.3 Å². The van der Waals surface area contributed by atoms with E-state index in [1.807, 2.05) is 31.2 Å². The van der Waals surface area contributed by atoms with Crippen LogP contribution in [0.25, 0.3) is 16.8 Å². The number of carbonyl (C=O) groups is 1. The standard InChI is InChI=1S/C23H21FN4O3/c1-15-2-6-17(7-3-15)21-19(14-29)22-23(31)27(10-11-28(22)26-21)13-20(30)25-12-16-4-8-18(24)9-5-16/h2-11,29H,12-14H2,1H3,(H,25,30). The van der Waals surface area contributed by atoms with E-state index in [2.05, 4.69) is 10.4 Å². The van der Waals surface area contributed by atoms with Crippen molar-refractivity contribution in [2.75, 3.05) is 0 Å². The number of amides is 1. The van der Waals surface area contributed by atoms with E-state index in [0.29, 0.717) is 11.3 Å². The molecule has 4 aromatic rings. The number of carbonyl (C=O) groups excluding carboxylic acids is 1. The molecule has 0 aliphatic carbocycles. The van der Waals surface area contributed by atoms with Crippen molar-refractivity contribution in [3.63, 3.8) is 0 Å². The third-order valence-electron chi connectivity index (χ3n) is 5.06. The molecule has 0 aliphatic heterocycles. The summed E-state index contributed by atoms with van der Waals surface area (Å²) in [5.41, 5.74) is 3.38. The van der Waals surface area contributed by atoms with Crippen molar-refractivity contribution in [2.45, 2.75) is 26.6 Å². The molecule has 0 fully saturated rings. The van der Waals surface area contributed by atoms with Crippen molar-refractivity contribution in [1.82, 2.24) is 19.5 Å². The maximum absolute atomic E-state index is 13.0. The zero-order valence-electron chi connectivity index (χ0n) is 16.9. The molecule has 2 heterocycles. The minimum atomic E-state index is -0.422. The fraction of sp³-hybridized carbons (Fsp3) is 0.174. The number of aliphatic hydroxyl groups is 1. The monoisotopic (exact) mass is 420 g/mol. The number of halogens is 1. The van der Waals surface area contributed by atoms with Gasteiger partial charge in [-0.05, 0) is 24.6 Å². The van der Waals surface area contributed by atoms with Gasteiger partial charge in [0, 0.05) is 30.1 Å². The van der Waals surface area contributed by atoms with Gasteiger partial charge in [0.15, 0.2) is 0 Å². The molecule has 8 heteroatoms. The van der Waals surface area contributed by atoms with Crippen molar-refractivity contribution in [3.8, 4) is 11.3 Å². The van der Waals surface area contributed by atoms with E-state index >= 15 is 0 Å². The molecule has 31 heavy (non-hydrogen) atoms. The van der Waals surface area contributed by atoms with Gasteiger partial charge in [-0.15, -0.1) is 0 Å². The summed E-state index contributed by atoms with van der Waals surface area (Å²) < 4.78 is 15.7. The Hall–Kier alpha value is -3.78. The van der Waals surface area contributed by atoms with Crippen molar-refractivity contribution in [3.05, 3.63) is 93.8 Å². The van der Waals surface area contributed by atoms with Gasteiger partial charge in [0.05, 0.1) is 12.3 Å². The largest absolute Gasteiger partial charge is 0.392 e. The Morgan fingerprint density at radius 3 is 2.48 bits per heavy atom. The molecule has 0 radical (unpaired) electrons. The first-order valence-corrected chi connectivity index (χ1v) is 9.76. The molecule has 0 atom stereocenters. The number of benzene rings is 2. The summed E-state index contributed by atoms with van der Waals surface area (Å²) in [6.45, 7) is 1.65. The van der Waals surface area contributed by atoms with Gasteiger partial charge < -0.3 is 15.0 Å². The van der Waals surface area contributed by atoms with Crippen LogP contribution in [0.2, 0.25) is 0 Å². The highest BCUT2D eigenvalue weighted by atomic mass is 19.1. The smallest absolute Gasteiger partial charge is 0.277 e. The van der Waals surface area contributed by atoms with Crippen LogP contribution in [-0.2, 0) is 24.5 Å². The second-order valence-corrected chi connectivity index (χ2v) is 7.28. The molecular formula is C23H21FN4O3. The number of nitrogens with one attached hydrogen (secondary N) is 1. The summed E-state index contributed by atoms with van der Waals surface area (Å²) >= 11 is 0. The van der Waals surface area contributed by atoms with Crippen LogP contribution < -0.4 is 10.9 Å². The lowest BCUT2D eigenvalue weighted by Gasteiger charge is -2.08. The summed E-state index contributed by atoms with van der Waals surface area (Å²) in [4.78, 5) is 25.4. The Bertz CT molecular complexity index is 1290. The Morgan fingerprint density at radius 1 is 1.10 bits per heavy atom. The van der Waals surface area contributed by atoms with Crippen LogP contribution >= 0.6 is 0 Å². The van der Waals surface area contributed by atoms with E-state index in [1.165, 1.54) is 27.4 Å². The molecule has 2 aromatic carbocycles. The summed E-state index contributed by atoms with van der Waals surface area (Å²) in [7, 11) is 0. The van der Waals surface area contributed by atoms with Gasteiger partial charge in [0.2, 0.25) is 5.91 Å². The van der Waals surface area contributed by atoms with E-state index in [9.17, 15) is 19.1 Å². The zero-order valence-corrected chi connectivity index (χ0v) is 16.9. The summed E-state index contributed by atoms with van der Waals surface area (Å²) in [5.74, 6) is -0.708. The summed E-state index contributed by atoms with van der Waals surface area (Å²) in [6, 6.07) is 13.5. The molecular weight excluding hydrogens is 399 g/mol. The second-order valence-electron chi connectivity index (χ2n) is 7.28. The number of nitrogens with zero attached hydrogens (tertiary/aromatic N) is 3.